The predicted octanol–water partition coefficient (Wildman–Crippen LogP) is 2.50. The van der Waals surface area contributed by atoms with Crippen LogP contribution in [0.4, 0.5) is 0 Å². The number of carbonyl (C=O) groups excluding carboxylic acids is 1. The van der Waals surface area contributed by atoms with Gasteiger partial charge in [0.15, 0.2) is 0 Å². The van der Waals surface area contributed by atoms with E-state index in [1.54, 1.807) is 11.0 Å². The van der Waals surface area contributed by atoms with E-state index in [1.807, 2.05) is 29.2 Å². The van der Waals surface area contributed by atoms with Gasteiger partial charge in [-0.15, -0.1) is 5.10 Å². The first kappa shape index (κ1) is 20.2. The van der Waals surface area contributed by atoms with Crippen molar-refractivity contribution >= 4 is 5.91 Å². The van der Waals surface area contributed by atoms with Gasteiger partial charge in [-0.05, 0) is 60.0 Å². The molecule has 1 unspecified atom stereocenters. The first-order chi connectivity index (χ1) is 14.7. The fourth-order valence-electron chi connectivity index (χ4n) is 4.01. The van der Waals surface area contributed by atoms with Gasteiger partial charge < -0.3 is 9.80 Å². The van der Waals surface area contributed by atoms with Gasteiger partial charge in [0.05, 0.1) is 6.54 Å². The van der Waals surface area contributed by atoms with E-state index < -0.39 is 0 Å². The molecule has 156 valence electrons. The normalized spacial score (nSPS) is 16.7. The van der Waals surface area contributed by atoms with Crippen LogP contribution in [0.15, 0.2) is 60.9 Å². The molecule has 1 saturated heterocycles. The summed E-state index contributed by atoms with van der Waals surface area (Å²) >= 11 is 0. The molecular weight excluding hydrogens is 376 g/mol. The summed E-state index contributed by atoms with van der Waals surface area (Å²) in [5, 5.41) is 11.2. The number of carbonyl (C=O) groups is 1. The molecule has 4 rings (SSSR count). The van der Waals surface area contributed by atoms with Crippen LogP contribution in [-0.2, 0) is 13.0 Å². The lowest BCUT2D eigenvalue weighted by Gasteiger charge is -2.37. The van der Waals surface area contributed by atoms with E-state index in [2.05, 4.69) is 57.8 Å². The molecule has 0 spiro atoms. The van der Waals surface area contributed by atoms with Gasteiger partial charge in [0.1, 0.15) is 6.33 Å². The maximum absolute atomic E-state index is 13.0. The summed E-state index contributed by atoms with van der Waals surface area (Å²) in [6.45, 7) is 3.22. The number of aromatic nitrogens is 4. The van der Waals surface area contributed by atoms with E-state index in [0.29, 0.717) is 12.6 Å². The van der Waals surface area contributed by atoms with Crippen LogP contribution in [0.3, 0.4) is 0 Å². The third-order valence-corrected chi connectivity index (χ3v) is 5.84. The molecule has 0 N–H and O–H groups in total. The van der Waals surface area contributed by atoms with E-state index in [0.717, 1.165) is 50.0 Å². The Kier molecular flexibility index (Phi) is 6.49. The summed E-state index contributed by atoms with van der Waals surface area (Å²) < 4.78 is 1.66. The van der Waals surface area contributed by atoms with Crippen molar-refractivity contribution < 1.29 is 4.79 Å². The van der Waals surface area contributed by atoms with Crippen molar-refractivity contribution in [2.45, 2.75) is 31.8 Å². The highest BCUT2D eigenvalue weighted by molar-refractivity contribution is 5.94. The molecule has 1 atom stereocenters. The van der Waals surface area contributed by atoms with E-state index in [9.17, 15) is 4.79 Å². The Hall–Kier alpha value is -3.06. The molecule has 3 aromatic rings. The van der Waals surface area contributed by atoms with Crippen molar-refractivity contribution in [3.8, 4) is 0 Å². The first-order valence-corrected chi connectivity index (χ1v) is 10.5. The second kappa shape index (κ2) is 9.63. The minimum Gasteiger partial charge on any atom is -0.337 e. The number of hydrogen-bond donors (Lipinski definition) is 0. The molecular formula is C23H28N6O. The van der Waals surface area contributed by atoms with E-state index in [-0.39, 0.29) is 5.91 Å². The van der Waals surface area contributed by atoms with Crippen LogP contribution < -0.4 is 0 Å². The minimum atomic E-state index is 0.116. The average molecular weight is 405 g/mol. The number of nitrogens with zero attached hydrogens (tertiary/aromatic N) is 6. The van der Waals surface area contributed by atoms with Crippen LogP contribution >= 0.6 is 0 Å². The summed E-state index contributed by atoms with van der Waals surface area (Å²) in [5.74, 6) is 0.116. The summed E-state index contributed by atoms with van der Waals surface area (Å²) in [5.41, 5.74) is 3.16. The van der Waals surface area contributed by atoms with Crippen molar-refractivity contribution in [1.29, 1.82) is 0 Å². The average Bonchev–Trinajstić information content (AvgIpc) is 3.31. The minimum absolute atomic E-state index is 0.116. The molecule has 1 aliphatic rings. The summed E-state index contributed by atoms with van der Waals surface area (Å²) in [6, 6.07) is 18.7. The van der Waals surface area contributed by atoms with Crippen LogP contribution in [0, 0.1) is 0 Å². The lowest BCUT2D eigenvalue weighted by molar-refractivity contribution is 0.0611. The molecule has 2 aromatic carbocycles. The zero-order valence-corrected chi connectivity index (χ0v) is 17.4. The molecule has 7 heteroatoms. The second-order valence-corrected chi connectivity index (χ2v) is 7.97. The Bertz CT molecular complexity index is 926. The maximum Gasteiger partial charge on any atom is 0.253 e. The van der Waals surface area contributed by atoms with E-state index >= 15 is 0 Å². The van der Waals surface area contributed by atoms with Gasteiger partial charge in [0, 0.05) is 31.2 Å². The summed E-state index contributed by atoms with van der Waals surface area (Å²) in [4.78, 5) is 17.5. The van der Waals surface area contributed by atoms with Gasteiger partial charge in [0.2, 0.25) is 0 Å². The summed E-state index contributed by atoms with van der Waals surface area (Å²) in [6.07, 6.45) is 4.80. The molecule has 0 radical (unpaired) electrons. The Morgan fingerprint density at radius 1 is 1.10 bits per heavy atom. The molecule has 1 fully saturated rings. The predicted molar refractivity (Wildman–Crippen MR) is 115 cm³/mol. The molecule has 1 aliphatic heterocycles. The Morgan fingerprint density at radius 2 is 1.90 bits per heavy atom. The lowest BCUT2D eigenvalue weighted by Crippen LogP contribution is -2.49. The van der Waals surface area contributed by atoms with Crippen LogP contribution in [0.5, 0.6) is 0 Å². The number of likely N-dealkylation sites (tertiary alicyclic amines) is 1. The highest BCUT2D eigenvalue weighted by Gasteiger charge is 2.26. The maximum atomic E-state index is 13.0. The zero-order valence-electron chi connectivity index (χ0n) is 17.4. The lowest BCUT2D eigenvalue weighted by atomic mass is 10.0. The van der Waals surface area contributed by atoms with E-state index in [1.165, 1.54) is 5.56 Å². The molecule has 7 nitrogen and oxygen atoms in total. The van der Waals surface area contributed by atoms with Crippen LogP contribution in [0.25, 0.3) is 0 Å². The highest BCUT2D eigenvalue weighted by atomic mass is 16.2. The number of likely N-dealkylation sites (N-methyl/N-ethyl adjacent to an activating group) is 1. The van der Waals surface area contributed by atoms with Gasteiger partial charge in [-0.3, -0.25) is 4.79 Å². The van der Waals surface area contributed by atoms with Crippen molar-refractivity contribution in [3.63, 3.8) is 0 Å². The first-order valence-electron chi connectivity index (χ1n) is 10.5. The topological polar surface area (TPSA) is 67.2 Å². The van der Waals surface area contributed by atoms with Gasteiger partial charge in [-0.2, -0.15) is 0 Å². The summed E-state index contributed by atoms with van der Waals surface area (Å²) in [7, 11) is 2.18. The van der Waals surface area contributed by atoms with E-state index in [4.69, 9.17) is 0 Å². The second-order valence-electron chi connectivity index (χ2n) is 7.97. The standard InChI is InChI=1S/C23H28N6O/c1-27(15-13-19-6-3-2-4-7-19)22-8-5-14-28(17-22)23(30)21-11-9-20(10-12-21)16-29-18-24-25-26-29/h2-4,6-7,9-12,18,22H,5,8,13-17H2,1H3. The third kappa shape index (κ3) is 5.10. The highest BCUT2D eigenvalue weighted by Crippen LogP contribution is 2.18. The van der Waals surface area contributed by atoms with Crippen molar-refractivity contribution in [3.05, 3.63) is 77.6 Å². The Morgan fingerprint density at radius 3 is 2.63 bits per heavy atom. The Balaban J connectivity index is 1.32. The largest absolute Gasteiger partial charge is 0.337 e. The number of amides is 1. The number of hydrogen-bond acceptors (Lipinski definition) is 5. The molecule has 1 aromatic heterocycles. The number of piperidine rings is 1. The SMILES string of the molecule is CN(CCc1ccccc1)C1CCCN(C(=O)c2ccc(Cn3cnnn3)cc2)C1. The zero-order chi connectivity index (χ0) is 20.8. The van der Waals surface area contributed by atoms with Gasteiger partial charge in [-0.25, -0.2) is 4.68 Å². The van der Waals surface area contributed by atoms with Crippen molar-refractivity contribution in [2.24, 2.45) is 0 Å². The molecule has 0 aliphatic carbocycles. The van der Waals surface area contributed by atoms with Crippen LogP contribution in [0.2, 0.25) is 0 Å². The van der Waals surface area contributed by atoms with Gasteiger partial charge >= 0.3 is 0 Å². The van der Waals surface area contributed by atoms with Crippen LogP contribution in [0.1, 0.15) is 34.3 Å². The fourth-order valence-corrected chi connectivity index (χ4v) is 4.01. The van der Waals surface area contributed by atoms with Crippen LogP contribution in [-0.4, -0.2) is 68.6 Å². The molecule has 2 heterocycles. The molecule has 0 bridgehead atoms. The van der Waals surface area contributed by atoms with Crippen molar-refractivity contribution in [2.75, 3.05) is 26.7 Å². The monoisotopic (exact) mass is 404 g/mol. The molecule has 1 amide bonds. The third-order valence-electron chi connectivity index (χ3n) is 5.84. The Labute approximate surface area is 177 Å². The van der Waals surface area contributed by atoms with Gasteiger partial charge in [-0.1, -0.05) is 42.5 Å². The molecule has 30 heavy (non-hydrogen) atoms. The number of rotatable bonds is 7. The molecule has 0 saturated carbocycles. The van der Waals surface area contributed by atoms with Gasteiger partial charge in [0.25, 0.3) is 5.91 Å². The smallest absolute Gasteiger partial charge is 0.253 e. The number of tetrazole rings is 1. The quantitative estimate of drug-likeness (QED) is 0.605. The number of benzene rings is 2. The van der Waals surface area contributed by atoms with Crippen molar-refractivity contribution in [1.82, 2.24) is 30.0 Å². The fraction of sp³-hybridized carbons (Fsp3) is 0.391.